The van der Waals surface area contributed by atoms with Crippen molar-refractivity contribution in [1.29, 1.82) is 0 Å². The molecule has 0 spiro atoms. The maximum atomic E-state index is 11.3. The van der Waals surface area contributed by atoms with Crippen LogP contribution in [-0.2, 0) is 14.8 Å². The maximum absolute atomic E-state index is 11.3. The van der Waals surface area contributed by atoms with Crippen LogP contribution in [0.3, 0.4) is 0 Å². The zero-order chi connectivity index (χ0) is 12.9. The van der Waals surface area contributed by atoms with E-state index in [0.717, 1.165) is 0 Å². The Hall–Kier alpha value is -1.31. The van der Waals surface area contributed by atoms with Crippen molar-refractivity contribution in [2.24, 2.45) is 5.14 Å². The number of nitrogens with two attached hydrogens (primary N) is 2. The van der Waals surface area contributed by atoms with Gasteiger partial charge in [-0.25, -0.2) is 13.6 Å². The van der Waals surface area contributed by atoms with Crippen LogP contribution in [0.15, 0.2) is 23.1 Å². The summed E-state index contributed by atoms with van der Waals surface area (Å²) in [7, 11) is -3.84. The van der Waals surface area contributed by atoms with Crippen molar-refractivity contribution < 1.29 is 17.9 Å². The normalized spacial score (nSPS) is 11.4. The van der Waals surface area contributed by atoms with Gasteiger partial charge in [0, 0.05) is 12.3 Å². The molecule has 0 saturated carbocycles. The van der Waals surface area contributed by atoms with E-state index in [2.05, 4.69) is 0 Å². The summed E-state index contributed by atoms with van der Waals surface area (Å²) in [5, 5.41) is 5.06. The first-order chi connectivity index (χ1) is 7.95. The molecule has 0 aliphatic carbocycles. The molecule has 0 aliphatic rings. The van der Waals surface area contributed by atoms with E-state index in [9.17, 15) is 8.42 Å². The lowest BCUT2D eigenvalue weighted by Crippen LogP contribution is -2.15. The van der Waals surface area contributed by atoms with Crippen molar-refractivity contribution in [3.05, 3.63) is 18.2 Å². The minimum atomic E-state index is -3.84. The van der Waals surface area contributed by atoms with Crippen LogP contribution in [0.1, 0.15) is 6.92 Å². The summed E-state index contributed by atoms with van der Waals surface area (Å²) in [6.07, 6.45) is 0. The average Bonchev–Trinajstić information content (AvgIpc) is 2.25. The van der Waals surface area contributed by atoms with Gasteiger partial charge in [0.15, 0.2) is 0 Å². The van der Waals surface area contributed by atoms with Crippen LogP contribution < -0.4 is 15.6 Å². The van der Waals surface area contributed by atoms with Crippen molar-refractivity contribution in [3.63, 3.8) is 0 Å². The van der Waals surface area contributed by atoms with Gasteiger partial charge in [-0.1, -0.05) is 0 Å². The van der Waals surface area contributed by atoms with Gasteiger partial charge in [0.05, 0.1) is 6.61 Å². The van der Waals surface area contributed by atoms with Crippen LogP contribution in [-0.4, -0.2) is 28.2 Å². The Kier molecular flexibility index (Phi) is 4.73. The Bertz CT molecular complexity index is 473. The number of rotatable bonds is 6. The van der Waals surface area contributed by atoms with E-state index in [4.69, 9.17) is 20.3 Å². The third-order valence-electron chi connectivity index (χ3n) is 1.96. The Balaban J connectivity index is 2.84. The molecule has 0 fully saturated rings. The summed E-state index contributed by atoms with van der Waals surface area (Å²) in [6, 6.07) is 4.29. The van der Waals surface area contributed by atoms with E-state index in [1.165, 1.54) is 12.1 Å². The smallest absolute Gasteiger partial charge is 0.241 e. The summed E-state index contributed by atoms with van der Waals surface area (Å²) in [5.74, 6) is 0.182. The zero-order valence-corrected chi connectivity index (χ0v) is 10.4. The number of ether oxygens (including phenoxy) is 2. The molecule has 7 heteroatoms. The highest BCUT2D eigenvalue weighted by Crippen LogP contribution is 2.24. The predicted octanol–water partition coefficient (Wildman–Crippen LogP) is 0.332. The highest BCUT2D eigenvalue weighted by atomic mass is 32.2. The van der Waals surface area contributed by atoms with Crippen molar-refractivity contribution in [1.82, 2.24) is 0 Å². The minimum Gasteiger partial charge on any atom is -0.490 e. The minimum absolute atomic E-state index is 0.117. The van der Waals surface area contributed by atoms with Gasteiger partial charge < -0.3 is 15.2 Å². The molecule has 0 unspecified atom stereocenters. The molecule has 0 aromatic heterocycles. The maximum Gasteiger partial charge on any atom is 0.241 e. The standard InChI is InChI=1S/C10H16N2O4S/c1-2-15-5-6-16-9-4-3-8(11)7-10(9)17(12,13)14/h3-4,7H,2,5-6,11H2,1H3,(H2,12,13,14). The van der Waals surface area contributed by atoms with Gasteiger partial charge in [-0.15, -0.1) is 0 Å². The molecule has 0 saturated heterocycles. The quantitative estimate of drug-likeness (QED) is 0.566. The van der Waals surface area contributed by atoms with Gasteiger partial charge >= 0.3 is 0 Å². The molecule has 0 atom stereocenters. The van der Waals surface area contributed by atoms with E-state index >= 15 is 0 Å². The predicted molar refractivity (Wildman–Crippen MR) is 64.2 cm³/mol. The van der Waals surface area contributed by atoms with Crippen LogP contribution >= 0.6 is 0 Å². The molecular formula is C10H16N2O4S. The molecule has 17 heavy (non-hydrogen) atoms. The number of primary sulfonamides is 1. The van der Waals surface area contributed by atoms with Crippen LogP contribution in [0.2, 0.25) is 0 Å². The third kappa shape index (κ3) is 4.22. The number of sulfonamides is 1. The summed E-state index contributed by atoms with van der Waals surface area (Å²) in [6.45, 7) is 3.07. The molecule has 96 valence electrons. The lowest BCUT2D eigenvalue weighted by molar-refractivity contribution is 0.109. The van der Waals surface area contributed by atoms with Gasteiger partial charge in [-0.05, 0) is 25.1 Å². The number of benzene rings is 1. The van der Waals surface area contributed by atoms with Crippen molar-refractivity contribution in [2.75, 3.05) is 25.6 Å². The van der Waals surface area contributed by atoms with Gasteiger partial charge in [-0.3, -0.25) is 0 Å². The first-order valence-electron chi connectivity index (χ1n) is 5.08. The fraction of sp³-hybridized carbons (Fsp3) is 0.400. The first-order valence-corrected chi connectivity index (χ1v) is 6.62. The van der Waals surface area contributed by atoms with Crippen LogP contribution in [0.25, 0.3) is 0 Å². The number of anilines is 1. The number of nitrogen functional groups attached to an aromatic ring is 1. The van der Waals surface area contributed by atoms with Crippen LogP contribution in [0.5, 0.6) is 5.75 Å². The largest absolute Gasteiger partial charge is 0.490 e. The van der Waals surface area contributed by atoms with E-state index < -0.39 is 10.0 Å². The van der Waals surface area contributed by atoms with E-state index in [1.807, 2.05) is 6.92 Å². The molecule has 0 heterocycles. The summed E-state index contributed by atoms with van der Waals surface area (Å²) in [5.41, 5.74) is 5.81. The van der Waals surface area contributed by atoms with Gasteiger partial charge in [-0.2, -0.15) is 0 Å². The second-order valence-electron chi connectivity index (χ2n) is 3.30. The molecular weight excluding hydrogens is 244 g/mol. The van der Waals surface area contributed by atoms with Gasteiger partial charge in [0.1, 0.15) is 17.3 Å². The van der Waals surface area contributed by atoms with Crippen LogP contribution in [0.4, 0.5) is 5.69 Å². The molecule has 1 aromatic carbocycles. The molecule has 6 nitrogen and oxygen atoms in total. The van der Waals surface area contributed by atoms with Crippen molar-refractivity contribution in [2.45, 2.75) is 11.8 Å². The molecule has 0 aliphatic heterocycles. The lowest BCUT2D eigenvalue weighted by Gasteiger charge is -2.10. The van der Waals surface area contributed by atoms with Gasteiger partial charge in [0.2, 0.25) is 10.0 Å². The highest BCUT2D eigenvalue weighted by molar-refractivity contribution is 7.89. The van der Waals surface area contributed by atoms with Gasteiger partial charge in [0.25, 0.3) is 0 Å². The summed E-state index contributed by atoms with van der Waals surface area (Å²) < 4.78 is 33.0. The molecule has 1 rings (SSSR count). The molecule has 0 bridgehead atoms. The monoisotopic (exact) mass is 260 g/mol. The Morgan fingerprint density at radius 2 is 2.00 bits per heavy atom. The van der Waals surface area contributed by atoms with Crippen molar-refractivity contribution >= 4 is 15.7 Å². The zero-order valence-electron chi connectivity index (χ0n) is 9.55. The molecule has 0 amide bonds. The Morgan fingerprint density at radius 1 is 1.29 bits per heavy atom. The molecule has 4 N–H and O–H groups in total. The van der Waals surface area contributed by atoms with E-state index in [0.29, 0.717) is 18.9 Å². The second-order valence-corrected chi connectivity index (χ2v) is 4.83. The molecule has 0 radical (unpaired) electrons. The number of hydrogen-bond acceptors (Lipinski definition) is 5. The average molecular weight is 260 g/mol. The lowest BCUT2D eigenvalue weighted by atomic mass is 10.3. The second kappa shape index (κ2) is 5.85. The third-order valence-corrected chi connectivity index (χ3v) is 2.90. The number of hydrogen-bond donors (Lipinski definition) is 2. The summed E-state index contributed by atoms with van der Waals surface area (Å²) >= 11 is 0. The fourth-order valence-corrected chi connectivity index (χ4v) is 1.93. The van der Waals surface area contributed by atoms with E-state index in [1.54, 1.807) is 6.07 Å². The topological polar surface area (TPSA) is 105 Å². The summed E-state index contributed by atoms with van der Waals surface area (Å²) in [4.78, 5) is -0.117. The highest BCUT2D eigenvalue weighted by Gasteiger charge is 2.15. The van der Waals surface area contributed by atoms with Crippen LogP contribution in [0, 0.1) is 0 Å². The fourth-order valence-electron chi connectivity index (χ4n) is 1.22. The van der Waals surface area contributed by atoms with Crippen molar-refractivity contribution in [3.8, 4) is 5.75 Å². The Morgan fingerprint density at radius 3 is 2.59 bits per heavy atom. The molecule has 1 aromatic rings. The first kappa shape index (κ1) is 13.8. The van der Waals surface area contributed by atoms with E-state index in [-0.39, 0.29) is 17.3 Å². The Labute approximate surface area is 101 Å². The SMILES string of the molecule is CCOCCOc1ccc(N)cc1S(N)(=O)=O.